The molecule has 0 bridgehead atoms. The summed E-state index contributed by atoms with van der Waals surface area (Å²) in [5.41, 5.74) is 2.85. The van der Waals surface area contributed by atoms with Gasteiger partial charge in [0.05, 0.1) is 19.1 Å². The van der Waals surface area contributed by atoms with E-state index in [4.69, 9.17) is 14.2 Å². The zero-order chi connectivity index (χ0) is 20.7. The molecule has 0 amide bonds. The zero-order valence-corrected chi connectivity index (χ0v) is 16.1. The van der Waals surface area contributed by atoms with Crippen molar-refractivity contribution in [1.29, 1.82) is 0 Å². The summed E-state index contributed by atoms with van der Waals surface area (Å²) in [6.07, 6.45) is 5.15. The molecule has 148 valence electrons. The summed E-state index contributed by atoms with van der Waals surface area (Å²) in [6, 6.07) is 14.5. The molecule has 2 aliphatic heterocycles. The molecule has 0 spiro atoms. The molecular formula is C24H17NO5. The van der Waals surface area contributed by atoms with E-state index in [-0.39, 0.29) is 29.9 Å². The Morgan fingerprint density at radius 3 is 2.63 bits per heavy atom. The number of ketones is 1. The van der Waals surface area contributed by atoms with E-state index in [9.17, 15) is 9.59 Å². The third-order valence-corrected chi connectivity index (χ3v) is 5.28. The monoisotopic (exact) mass is 399 g/mol. The first-order valence-electron chi connectivity index (χ1n) is 9.50. The molecule has 0 saturated carbocycles. The number of methoxy groups -OCH3 is 1. The molecule has 6 heteroatoms. The Morgan fingerprint density at radius 2 is 1.90 bits per heavy atom. The SMILES string of the molecule is COc1ccc(C2CC(=O)Oc3ccc4c(c32)OC(=Cc2cccnc2)C4=O)cc1. The topological polar surface area (TPSA) is 74.7 Å². The van der Waals surface area contributed by atoms with Gasteiger partial charge in [0.2, 0.25) is 5.78 Å². The van der Waals surface area contributed by atoms with Gasteiger partial charge in [0, 0.05) is 23.9 Å². The number of aromatic nitrogens is 1. The Hall–Kier alpha value is -3.93. The molecule has 5 rings (SSSR count). The van der Waals surface area contributed by atoms with Gasteiger partial charge in [-0.15, -0.1) is 0 Å². The van der Waals surface area contributed by atoms with E-state index >= 15 is 0 Å². The Kier molecular flexibility index (Phi) is 4.32. The van der Waals surface area contributed by atoms with Crippen molar-refractivity contribution in [3.05, 3.63) is 88.9 Å². The van der Waals surface area contributed by atoms with E-state index in [2.05, 4.69) is 4.98 Å². The first kappa shape index (κ1) is 18.1. The summed E-state index contributed by atoms with van der Waals surface area (Å²) >= 11 is 0. The van der Waals surface area contributed by atoms with Crippen molar-refractivity contribution in [3.8, 4) is 17.2 Å². The van der Waals surface area contributed by atoms with Gasteiger partial charge in [-0.2, -0.15) is 0 Å². The highest BCUT2D eigenvalue weighted by atomic mass is 16.5. The van der Waals surface area contributed by atoms with E-state index < -0.39 is 0 Å². The maximum absolute atomic E-state index is 12.9. The highest BCUT2D eigenvalue weighted by Crippen LogP contribution is 2.49. The molecule has 3 aromatic rings. The van der Waals surface area contributed by atoms with Crippen LogP contribution in [0.15, 0.2) is 66.7 Å². The van der Waals surface area contributed by atoms with Gasteiger partial charge in [-0.25, -0.2) is 0 Å². The lowest BCUT2D eigenvalue weighted by Crippen LogP contribution is -2.21. The van der Waals surface area contributed by atoms with Crippen molar-refractivity contribution >= 4 is 17.8 Å². The number of Topliss-reactive ketones (excluding diaryl/α,β-unsaturated/α-hetero) is 1. The fourth-order valence-corrected chi connectivity index (χ4v) is 3.84. The average Bonchev–Trinajstić information content (AvgIpc) is 3.09. The second-order valence-electron chi connectivity index (χ2n) is 7.08. The van der Waals surface area contributed by atoms with E-state index in [1.54, 1.807) is 43.8 Å². The van der Waals surface area contributed by atoms with Crippen LogP contribution in [0.2, 0.25) is 0 Å². The Balaban J connectivity index is 1.60. The highest BCUT2D eigenvalue weighted by Gasteiger charge is 2.38. The van der Waals surface area contributed by atoms with Crippen LogP contribution in [0.3, 0.4) is 0 Å². The predicted molar refractivity (Wildman–Crippen MR) is 109 cm³/mol. The van der Waals surface area contributed by atoms with Gasteiger partial charge in [-0.3, -0.25) is 14.6 Å². The Labute approximate surface area is 172 Å². The molecule has 0 N–H and O–H groups in total. The maximum atomic E-state index is 12.9. The van der Waals surface area contributed by atoms with Gasteiger partial charge >= 0.3 is 5.97 Å². The number of hydrogen-bond donors (Lipinski definition) is 0. The second kappa shape index (κ2) is 7.15. The number of rotatable bonds is 3. The summed E-state index contributed by atoms with van der Waals surface area (Å²) in [7, 11) is 1.60. The van der Waals surface area contributed by atoms with Gasteiger partial charge in [0.15, 0.2) is 5.76 Å². The number of allylic oxidation sites excluding steroid dienone is 1. The van der Waals surface area contributed by atoms with Crippen LogP contribution in [0.25, 0.3) is 6.08 Å². The summed E-state index contributed by atoms with van der Waals surface area (Å²) in [4.78, 5) is 29.2. The molecule has 0 radical (unpaired) electrons. The van der Waals surface area contributed by atoms with Crippen molar-refractivity contribution in [2.75, 3.05) is 7.11 Å². The summed E-state index contributed by atoms with van der Waals surface area (Å²) in [5, 5.41) is 0. The molecule has 3 heterocycles. The van der Waals surface area contributed by atoms with Gasteiger partial charge in [-0.05, 0) is 47.5 Å². The number of hydrogen-bond acceptors (Lipinski definition) is 6. The number of esters is 1. The minimum atomic E-state index is -0.321. The molecule has 1 unspecified atom stereocenters. The van der Waals surface area contributed by atoms with Crippen LogP contribution in [-0.2, 0) is 4.79 Å². The second-order valence-corrected chi connectivity index (χ2v) is 7.08. The minimum Gasteiger partial charge on any atom is -0.497 e. The maximum Gasteiger partial charge on any atom is 0.312 e. The fourth-order valence-electron chi connectivity index (χ4n) is 3.84. The van der Waals surface area contributed by atoms with Crippen molar-refractivity contribution in [2.45, 2.75) is 12.3 Å². The number of carbonyl (C=O) groups is 2. The smallest absolute Gasteiger partial charge is 0.312 e. The molecule has 2 aromatic carbocycles. The van der Waals surface area contributed by atoms with Crippen molar-refractivity contribution in [2.24, 2.45) is 0 Å². The Morgan fingerprint density at radius 1 is 1.07 bits per heavy atom. The van der Waals surface area contributed by atoms with E-state index in [0.29, 0.717) is 22.6 Å². The van der Waals surface area contributed by atoms with Crippen LogP contribution >= 0.6 is 0 Å². The van der Waals surface area contributed by atoms with Crippen LogP contribution in [0, 0.1) is 0 Å². The summed E-state index contributed by atoms with van der Waals surface area (Å²) in [5.74, 6) is 0.996. The van der Waals surface area contributed by atoms with Crippen LogP contribution in [0.4, 0.5) is 0 Å². The van der Waals surface area contributed by atoms with Crippen molar-refractivity contribution in [1.82, 2.24) is 4.98 Å². The standard InChI is InChI=1S/C24H17NO5/c1-28-16-6-4-15(5-7-16)18-12-21(26)29-19-9-8-17-23(27)20(30-24(17)22(18)19)11-14-3-2-10-25-13-14/h2-11,13,18H,12H2,1H3. The van der Waals surface area contributed by atoms with Crippen LogP contribution in [-0.4, -0.2) is 23.8 Å². The molecule has 1 atom stereocenters. The van der Waals surface area contributed by atoms with E-state index in [1.165, 1.54) is 0 Å². The number of carbonyl (C=O) groups excluding carboxylic acids is 2. The van der Waals surface area contributed by atoms with Crippen LogP contribution < -0.4 is 14.2 Å². The number of benzene rings is 2. The van der Waals surface area contributed by atoms with Gasteiger partial charge in [0.25, 0.3) is 0 Å². The van der Waals surface area contributed by atoms with Gasteiger partial charge in [0.1, 0.15) is 17.2 Å². The summed E-state index contributed by atoms with van der Waals surface area (Å²) in [6.45, 7) is 0. The van der Waals surface area contributed by atoms with Crippen molar-refractivity contribution in [3.63, 3.8) is 0 Å². The zero-order valence-electron chi connectivity index (χ0n) is 16.1. The molecular weight excluding hydrogens is 382 g/mol. The lowest BCUT2D eigenvalue weighted by molar-refractivity contribution is -0.135. The molecule has 0 saturated heterocycles. The van der Waals surface area contributed by atoms with Crippen molar-refractivity contribution < 1.29 is 23.8 Å². The molecule has 0 aliphatic carbocycles. The Bertz CT molecular complexity index is 1180. The minimum absolute atomic E-state index is 0.162. The van der Waals surface area contributed by atoms with E-state index in [1.807, 2.05) is 30.3 Å². The average molecular weight is 399 g/mol. The molecule has 6 nitrogen and oxygen atoms in total. The van der Waals surface area contributed by atoms with Gasteiger partial charge in [-0.1, -0.05) is 18.2 Å². The van der Waals surface area contributed by atoms with E-state index in [0.717, 1.165) is 16.9 Å². The van der Waals surface area contributed by atoms with Crippen LogP contribution in [0.5, 0.6) is 17.2 Å². The quantitative estimate of drug-likeness (QED) is 0.374. The fraction of sp³-hybridized carbons (Fsp3) is 0.125. The third kappa shape index (κ3) is 3.03. The number of ether oxygens (including phenoxy) is 3. The molecule has 1 aromatic heterocycles. The molecule has 30 heavy (non-hydrogen) atoms. The number of pyridine rings is 1. The highest BCUT2D eigenvalue weighted by molar-refractivity contribution is 6.15. The lowest BCUT2D eigenvalue weighted by atomic mass is 9.84. The molecule has 0 fully saturated rings. The first-order chi connectivity index (χ1) is 14.6. The molecule has 2 aliphatic rings. The largest absolute Gasteiger partial charge is 0.497 e. The number of nitrogens with zero attached hydrogens (tertiary/aromatic N) is 1. The number of fused-ring (bicyclic) bond motifs is 3. The third-order valence-electron chi connectivity index (χ3n) is 5.28. The normalized spacial score (nSPS) is 18.4. The van der Waals surface area contributed by atoms with Crippen LogP contribution in [0.1, 0.15) is 39.4 Å². The summed E-state index contributed by atoms with van der Waals surface area (Å²) < 4.78 is 16.7. The van der Waals surface area contributed by atoms with Gasteiger partial charge < -0.3 is 14.2 Å². The lowest BCUT2D eigenvalue weighted by Gasteiger charge is -2.26. The predicted octanol–water partition coefficient (Wildman–Crippen LogP) is 4.15. The first-order valence-corrected chi connectivity index (χ1v) is 9.50.